The summed E-state index contributed by atoms with van der Waals surface area (Å²) in [5, 5.41) is 0. The Balaban J connectivity index is 1.79. The molecule has 2 aromatic carbocycles. The van der Waals surface area contributed by atoms with Crippen molar-refractivity contribution in [2.45, 2.75) is 66.1 Å². The molecular formula is C31H41N3O3. The predicted octanol–water partition coefficient (Wildman–Crippen LogP) is 5.92. The third-order valence-corrected chi connectivity index (χ3v) is 7.03. The smallest absolute Gasteiger partial charge is 0.254 e. The zero-order chi connectivity index (χ0) is 26.8. The fourth-order valence-electron chi connectivity index (χ4n) is 4.37. The van der Waals surface area contributed by atoms with Crippen molar-refractivity contribution in [2.75, 3.05) is 20.2 Å². The maximum atomic E-state index is 13.7. The van der Waals surface area contributed by atoms with Crippen LogP contribution in [0.15, 0.2) is 66.9 Å². The van der Waals surface area contributed by atoms with Crippen LogP contribution in [0.1, 0.15) is 67.2 Å². The van der Waals surface area contributed by atoms with Crippen molar-refractivity contribution < 1.29 is 14.3 Å². The molecule has 6 heteroatoms. The first-order valence-corrected chi connectivity index (χ1v) is 13.3. The van der Waals surface area contributed by atoms with Crippen molar-refractivity contribution in [3.05, 3.63) is 89.2 Å². The van der Waals surface area contributed by atoms with Gasteiger partial charge >= 0.3 is 0 Å². The van der Waals surface area contributed by atoms with Crippen LogP contribution in [0.25, 0.3) is 0 Å². The van der Waals surface area contributed by atoms with E-state index in [1.807, 2.05) is 11.0 Å². The second-order valence-corrected chi connectivity index (χ2v) is 9.64. The largest absolute Gasteiger partial charge is 0.497 e. The Labute approximate surface area is 221 Å². The molecular weight excluding hydrogens is 462 g/mol. The number of carbonyl (C=O) groups is 2. The maximum absolute atomic E-state index is 13.7. The van der Waals surface area contributed by atoms with Crippen LogP contribution in [-0.2, 0) is 17.9 Å². The lowest BCUT2D eigenvalue weighted by Gasteiger charge is -2.32. The monoisotopic (exact) mass is 503 g/mol. The Morgan fingerprint density at radius 2 is 1.73 bits per heavy atom. The molecule has 0 bridgehead atoms. The lowest BCUT2D eigenvalue weighted by Crippen LogP contribution is -2.46. The molecule has 198 valence electrons. The molecule has 1 aromatic heterocycles. The lowest BCUT2D eigenvalue weighted by atomic mass is 10.1. The molecule has 3 rings (SSSR count). The molecule has 0 N–H and O–H groups in total. The molecule has 1 atom stereocenters. The summed E-state index contributed by atoms with van der Waals surface area (Å²) < 4.78 is 7.44. The summed E-state index contributed by atoms with van der Waals surface area (Å²) in [5.41, 5.74) is 4.16. The molecule has 0 saturated carbocycles. The Morgan fingerprint density at radius 3 is 2.38 bits per heavy atom. The van der Waals surface area contributed by atoms with E-state index in [1.165, 1.54) is 11.1 Å². The zero-order valence-electron chi connectivity index (χ0n) is 22.9. The molecule has 0 spiro atoms. The maximum Gasteiger partial charge on any atom is 0.254 e. The Bertz CT molecular complexity index is 1150. The molecule has 1 heterocycles. The Morgan fingerprint density at radius 1 is 1.00 bits per heavy atom. The number of aryl methyl sites for hydroxylation is 1. The highest BCUT2D eigenvalue weighted by atomic mass is 16.5. The summed E-state index contributed by atoms with van der Waals surface area (Å²) in [5.74, 6) is 0.539. The molecule has 0 aliphatic carbocycles. The highest BCUT2D eigenvalue weighted by molar-refractivity contribution is 5.96. The van der Waals surface area contributed by atoms with Crippen molar-refractivity contribution in [2.24, 2.45) is 0 Å². The van der Waals surface area contributed by atoms with Gasteiger partial charge in [0.25, 0.3) is 5.91 Å². The van der Waals surface area contributed by atoms with E-state index in [0.29, 0.717) is 24.4 Å². The van der Waals surface area contributed by atoms with Gasteiger partial charge < -0.3 is 19.1 Å². The van der Waals surface area contributed by atoms with E-state index < -0.39 is 0 Å². The van der Waals surface area contributed by atoms with Gasteiger partial charge in [-0.3, -0.25) is 9.59 Å². The van der Waals surface area contributed by atoms with Crippen molar-refractivity contribution in [3.63, 3.8) is 0 Å². The van der Waals surface area contributed by atoms with E-state index in [4.69, 9.17) is 4.74 Å². The van der Waals surface area contributed by atoms with E-state index in [1.54, 1.807) is 36.3 Å². The van der Waals surface area contributed by atoms with E-state index in [-0.39, 0.29) is 24.4 Å². The van der Waals surface area contributed by atoms with Crippen LogP contribution in [0.2, 0.25) is 0 Å². The number of rotatable bonds is 13. The number of hydrogen-bond acceptors (Lipinski definition) is 3. The van der Waals surface area contributed by atoms with Crippen LogP contribution in [0.3, 0.4) is 0 Å². The van der Waals surface area contributed by atoms with Crippen LogP contribution in [0.4, 0.5) is 0 Å². The van der Waals surface area contributed by atoms with Crippen LogP contribution >= 0.6 is 0 Å². The van der Waals surface area contributed by atoms with E-state index in [9.17, 15) is 9.59 Å². The summed E-state index contributed by atoms with van der Waals surface area (Å²) in [6.45, 7) is 10.3. The fraction of sp³-hybridized carbons (Fsp3) is 0.419. The third kappa shape index (κ3) is 7.48. The highest BCUT2D eigenvalue weighted by Gasteiger charge is 2.25. The van der Waals surface area contributed by atoms with Crippen molar-refractivity contribution >= 4 is 11.8 Å². The number of carbonyl (C=O) groups excluding carboxylic acids is 2. The molecule has 6 nitrogen and oxygen atoms in total. The zero-order valence-corrected chi connectivity index (χ0v) is 22.9. The van der Waals surface area contributed by atoms with Gasteiger partial charge in [0.2, 0.25) is 5.91 Å². The molecule has 3 aromatic rings. The van der Waals surface area contributed by atoms with Gasteiger partial charge in [-0.25, -0.2) is 0 Å². The van der Waals surface area contributed by atoms with Crippen LogP contribution in [-0.4, -0.2) is 52.4 Å². The molecule has 0 saturated heterocycles. The van der Waals surface area contributed by atoms with Gasteiger partial charge in [0.15, 0.2) is 0 Å². The summed E-state index contributed by atoms with van der Waals surface area (Å²) in [7, 11) is 1.60. The van der Waals surface area contributed by atoms with Gasteiger partial charge in [-0.1, -0.05) is 44.5 Å². The van der Waals surface area contributed by atoms with Crippen molar-refractivity contribution in [1.29, 1.82) is 0 Å². The minimum Gasteiger partial charge on any atom is -0.497 e. The average Bonchev–Trinajstić information content (AvgIpc) is 3.36. The Kier molecular flexibility index (Phi) is 10.4. The molecule has 37 heavy (non-hydrogen) atoms. The summed E-state index contributed by atoms with van der Waals surface area (Å²) in [4.78, 5) is 30.7. The van der Waals surface area contributed by atoms with E-state index in [2.05, 4.69) is 68.8 Å². The number of ether oxygens (including phenoxy) is 1. The number of aromatic nitrogens is 1. The van der Waals surface area contributed by atoms with Crippen LogP contribution in [0.5, 0.6) is 5.75 Å². The lowest BCUT2D eigenvalue weighted by molar-refractivity contribution is -0.134. The van der Waals surface area contributed by atoms with Crippen LogP contribution in [0, 0.1) is 6.92 Å². The van der Waals surface area contributed by atoms with Gasteiger partial charge in [0.05, 0.1) is 13.7 Å². The number of unbranched alkanes of at least 4 members (excludes halogenated alkanes) is 1. The van der Waals surface area contributed by atoms with Gasteiger partial charge in [-0.05, 0) is 74.2 Å². The van der Waals surface area contributed by atoms with Gasteiger partial charge in [-0.15, -0.1) is 0 Å². The number of hydrogen-bond donors (Lipinski definition) is 0. The van der Waals surface area contributed by atoms with Gasteiger partial charge in [-0.2, -0.15) is 0 Å². The molecule has 0 aliphatic rings. The summed E-state index contributed by atoms with van der Waals surface area (Å²) >= 11 is 0. The average molecular weight is 504 g/mol. The van der Waals surface area contributed by atoms with E-state index >= 15 is 0 Å². The van der Waals surface area contributed by atoms with Gasteiger partial charge in [0, 0.05) is 36.6 Å². The molecule has 0 aliphatic heterocycles. The minimum absolute atomic E-state index is 0.0315. The van der Waals surface area contributed by atoms with Gasteiger partial charge in [0.1, 0.15) is 12.3 Å². The normalized spacial score (nSPS) is 11.7. The quantitative estimate of drug-likeness (QED) is 0.291. The first-order chi connectivity index (χ1) is 17.9. The topological polar surface area (TPSA) is 54.8 Å². The molecule has 0 fully saturated rings. The first-order valence-electron chi connectivity index (χ1n) is 13.3. The standard InChI is InChI=1S/C31H41N3O3/c1-6-8-19-33(31(36)26-15-17-29(37-5)18-16-26)23-30(35)34(25(4)7-2)22-28-14-11-20-32(28)21-27-13-10-9-12-24(27)3/h9-18,20,25H,6-8,19,21-23H2,1-5H3. The molecule has 2 amide bonds. The Hall–Kier alpha value is -3.54. The third-order valence-electron chi connectivity index (χ3n) is 7.03. The number of benzene rings is 2. The summed E-state index contributed by atoms with van der Waals surface area (Å²) in [6, 6.07) is 19.6. The van der Waals surface area contributed by atoms with Crippen LogP contribution < -0.4 is 4.74 Å². The van der Waals surface area contributed by atoms with Crippen molar-refractivity contribution in [3.8, 4) is 5.75 Å². The highest BCUT2D eigenvalue weighted by Crippen LogP contribution is 2.18. The fourth-order valence-corrected chi connectivity index (χ4v) is 4.37. The molecule has 0 radical (unpaired) electrons. The minimum atomic E-state index is -0.128. The van der Waals surface area contributed by atoms with E-state index in [0.717, 1.165) is 31.5 Å². The summed E-state index contributed by atoms with van der Waals surface area (Å²) in [6.07, 6.45) is 4.70. The van der Waals surface area contributed by atoms with Crippen molar-refractivity contribution in [1.82, 2.24) is 14.4 Å². The molecule has 1 unspecified atom stereocenters. The second kappa shape index (κ2) is 13.7. The number of nitrogens with zero attached hydrogens (tertiary/aromatic N) is 3. The second-order valence-electron chi connectivity index (χ2n) is 9.64. The number of amides is 2. The SMILES string of the molecule is CCCCN(CC(=O)N(Cc1cccn1Cc1ccccc1C)C(C)CC)C(=O)c1ccc(OC)cc1. The predicted molar refractivity (Wildman–Crippen MR) is 149 cm³/mol. The number of methoxy groups -OCH3 is 1. The first kappa shape index (κ1) is 28.0.